The van der Waals surface area contributed by atoms with Crippen LogP contribution in [0.15, 0.2) is 28.7 Å². The number of carbonyl (C=O) groups is 2. The van der Waals surface area contributed by atoms with Crippen LogP contribution in [0.2, 0.25) is 0 Å². The molecule has 1 saturated carbocycles. The zero-order valence-electron chi connectivity index (χ0n) is 17.3. The summed E-state index contributed by atoms with van der Waals surface area (Å²) >= 11 is 3.50. The minimum atomic E-state index is -0.373. The predicted molar refractivity (Wildman–Crippen MR) is 116 cm³/mol. The van der Waals surface area contributed by atoms with E-state index in [1.54, 1.807) is 0 Å². The fourth-order valence-corrected chi connectivity index (χ4v) is 4.79. The number of hydrogen-bond donors (Lipinski definition) is 1. The van der Waals surface area contributed by atoms with E-state index < -0.39 is 0 Å². The van der Waals surface area contributed by atoms with E-state index in [1.165, 1.54) is 0 Å². The molecule has 1 aromatic rings. The van der Waals surface area contributed by atoms with Gasteiger partial charge in [-0.15, -0.1) is 0 Å². The highest BCUT2D eigenvalue weighted by Gasteiger charge is 2.45. The minimum absolute atomic E-state index is 0.0254. The fraction of sp³-hybridized carbons (Fsp3) is 0.652. The lowest BCUT2D eigenvalue weighted by atomic mass is 9.77. The van der Waals surface area contributed by atoms with Crippen LogP contribution in [0.3, 0.4) is 0 Å². The van der Waals surface area contributed by atoms with Crippen LogP contribution in [-0.2, 0) is 15.0 Å². The molecule has 3 rings (SSSR count). The molecule has 1 N–H and O–H groups in total. The third-order valence-corrected chi connectivity index (χ3v) is 7.31. The number of benzene rings is 1. The van der Waals surface area contributed by atoms with Gasteiger partial charge in [0.2, 0.25) is 11.8 Å². The number of hydrogen-bond acceptors (Lipinski definition) is 2. The molecule has 0 radical (unpaired) electrons. The second-order valence-electron chi connectivity index (χ2n) is 8.90. The van der Waals surface area contributed by atoms with Crippen molar-refractivity contribution in [2.24, 2.45) is 11.8 Å². The molecule has 1 aromatic carbocycles. The van der Waals surface area contributed by atoms with Gasteiger partial charge in [-0.05, 0) is 56.2 Å². The molecule has 4 nitrogen and oxygen atoms in total. The number of rotatable bonds is 5. The maximum absolute atomic E-state index is 13.6. The first kappa shape index (κ1) is 21.4. The van der Waals surface area contributed by atoms with Crippen LogP contribution < -0.4 is 5.32 Å². The van der Waals surface area contributed by atoms with Gasteiger partial charge in [-0.3, -0.25) is 9.59 Å². The standard InChI is InChI=1S/C23H33BrN2O2/c1-16(2)17(3)25-21(27)18-10-14-26(15-11-18)22(28)23(12-4-5-13-23)19-6-8-20(24)9-7-19/h6-9,16-18H,4-5,10-15H2,1-3H3,(H,25,27). The highest BCUT2D eigenvalue weighted by Crippen LogP contribution is 2.43. The van der Waals surface area contributed by atoms with E-state index in [4.69, 9.17) is 0 Å². The first-order valence-electron chi connectivity index (χ1n) is 10.7. The Hall–Kier alpha value is -1.36. The molecule has 2 amide bonds. The van der Waals surface area contributed by atoms with Crippen LogP contribution >= 0.6 is 15.9 Å². The first-order valence-corrected chi connectivity index (χ1v) is 11.5. The number of halogens is 1. The summed E-state index contributed by atoms with van der Waals surface area (Å²) in [5, 5.41) is 3.14. The van der Waals surface area contributed by atoms with Crippen molar-refractivity contribution in [1.82, 2.24) is 10.2 Å². The molecule has 5 heteroatoms. The molecule has 1 unspecified atom stereocenters. The van der Waals surface area contributed by atoms with Gasteiger partial charge in [-0.2, -0.15) is 0 Å². The zero-order chi connectivity index (χ0) is 20.3. The number of nitrogens with one attached hydrogen (secondary N) is 1. The Bertz CT molecular complexity index is 687. The maximum atomic E-state index is 13.6. The van der Waals surface area contributed by atoms with Crippen LogP contribution in [0.25, 0.3) is 0 Å². The summed E-state index contributed by atoms with van der Waals surface area (Å²) in [5.74, 6) is 0.870. The van der Waals surface area contributed by atoms with E-state index in [2.05, 4.69) is 54.2 Å². The van der Waals surface area contributed by atoms with E-state index in [0.29, 0.717) is 19.0 Å². The SMILES string of the molecule is CC(C)C(C)NC(=O)C1CCN(C(=O)C2(c3ccc(Br)cc3)CCCC2)CC1. The van der Waals surface area contributed by atoms with Gasteiger partial charge in [0.05, 0.1) is 5.41 Å². The summed E-state index contributed by atoms with van der Waals surface area (Å²) in [6.45, 7) is 7.67. The lowest BCUT2D eigenvalue weighted by Crippen LogP contribution is -2.50. The highest BCUT2D eigenvalue weighted by atomic mass is 79.9. The van der Waals surface area contributed by atoms with E-state index in [1.807, 2.05) is 17.0 Å². The lowest BCUT2D eigenvalue weighted by Gasteiger charge is -2.38. The van der Waals surface area contributed by atoms with Crippen LogP contribution in [0.1, 0.15) is 64.9 Å². The summed E-state index contributed by atoms with van der Waals surface area (Å²) < 4.78 is 1.04. The molecule has 1 atom stereocenters. The van der Waals surface area contributed by atoms with Crippen LogP contribution in [0.4, 0.5) is 0 Å². The summed E-state index contributed by atoms with van der Waals surface area (Å²) in [4.78, 5) is 28.1. The van der Waals surface area contributed by atoms with E-state index >= 15 is 0 Å². The molecule has 28 heavy (non-hydrogen) atoms. The highest BCUT2D eigenvalue weighted by molar-refractivity contribution is 9.10. The van der Waals surface area contributed by atoms with E-state index in [0.717, 1.165) is 48.6 Å². The van der Waals surface area contributed by atoms with E-state index in [9.17, 15) is 9.59 Å². The molecule has 154 valence electrons. The molecule has 1 heterocycles. The summed E-state index contributed by atoms with van der Waals surface area (Å²) in [5.41, 5.74) is 0.769. The van der Waals surface area contributed by atoms with Crippen molar-refractivity contribution < 1.29 is 9.59 Å². The van der Waals surface area contributed by atoms with Gasteiger partial charge >= 0.3 is 0 Å². The van der Waals surface area contributed by atoms with Crippen molar-refractivity contribution in [3.05, 3.63) is 34.3 Å². The summed E-state index contributed by atoms with van der Waals surface area (Å²) in [6, 6.07) is 8.46. The van der Waals surface area contributed by atoms with Gasteiger partial charge in [0.15, 0.2) is 0 Å². The Morgan fingerprint density at radius 2 is 1.64 bits per heavy atom. The summed E-state index contributed by atoms with van der Waals surface area (Å²) in [6.07, 6.45) is 5.60. The zero-order valence-corrected chi connectivity index (χ0v) is 18.9. The Morgan fingerprint density at radius 3 is 2.18 bits per heavy atom. The molecule has 1 aliphatic carbocycles. The molecular formula is C23H33BrN2O2. The van der Waals surface area contributed by atoms with Crippen molar-refractivity contribution in [2.45, 2.75) is 70.8 Å². The molecule has 1 saturated heterocycles. The monoisotopic (exact) mass is 448 g/mol. The summed E-state index contributed by atoms with van der Waals surface area (Å²) in [7, 11) is 0. The molecule has 2 aliphatic rings. The second kappa shape index (κ2) is 8.98. The van der Waals surface area contributed by atoms with Gasteiger partial charge < -0.3 is 10.2 Å². The lowest BCUT2D eigenvalue weighted by molar-refractivity contribution is -0.140. The Balaban J connectivity index is 1.65. The van der Waals surface area contributed by atoms with E-state index in [-0.39, 0.29) is 29.2 Å². The molecule has 2 fully saturated rings. The van der Waals surface area contributed by atoms with Crippen molar-refractivity contribution in [1.29, 1.82) is 0 Å². The van der Waals surface area contributed by atoms with Crippen molar-refractivity contribution in [3.63, 3.8) is 0 Å². The number of piperidine rings is 1. The average Bonchev–Trinajstić information content (AvgIpc) is 3.19. The Kier molecular flexibility index (Phi) is 6.85. The first-order chi connectivity index (χ1) is 13.3. The van der Waals surface area contributed by atoms with Gasteiger partial charge in [0, 0.05) is 29.5 Å². The molecule has 0 bridgehead atoms. The number of amides is 2. The normalized spacial score (nSPS) is 21.0. The van der Waals surface area contributed by atoms with Gasteiger partial charge in [0.25, 0.3) is 0 Å². The Labute approximate surface area is 177 Å². The number of nitrogens with zero attached hydrogens (tertiary/aromatic N) is 1. The fourth-order valence-electron chi connectivity index (χ4n) is 4.53. The average molecular weight is 449 g/mol. The largest absolute Gasteiger partial charge is 0.353 e. The third kappa shape index (κ3) is 4.45. The number of likely N-dealkylation sites (tertiary alicyclic amines) is 1. The van der Waals surface area contributed by atoms with Gasteiger partial charge in [-0.1, -0.05) is 54.8 Å². The van der Waals surface area contributed by atoms with Crippen molar-refractivity contribution >= 4 is 27.7 Å². The Morgan fingerprint density at radius 1 is 1.07 bits per heavy atom. The molecule has 0 spiro atoms. The molecule has 0 aromatic heterocycles. The van der Waals surface area contributed by atoms with Crippen LogP contribution in [-0.4, -0.2) is 35.8 Å². The quantitative estimate of drug-likeness (QED) is 0.711. The van der Waals surface area contributed by atoms with Gasteiger partial charge in [-0.25, -0.2) is 0 Å². The topological polar surface area (TPSA) is 49.4 Å². The predicted octanol–water partition coefficient (Wildman–Crippen LogP) is 4.66. The molecule has 1 aliphatic heterocycles. The molecular weight excluding hydrogens is 416 g/mol. The van der Waals surface area contributed by atoms with Crippen molar-refractivity contribution in [2.75, 3.05) is 13.1 Å². The maximum Gasteiger partial charge on any atom is 0.233 e. The van der Waals surface area contributed by atoms with Crippen LogP contribution in [0, 0.1) is 11.8 Å². The van der Waals surface area contributed by atoms with Gasteiger partial charge in [0.1, 0.15) is 0 Å². The van der Waals surface area contributed by atoms with Crippen LogP contribution in [0.5, 0.6) is 0 Å². The second-order valence-corrected chi connectivity index (χ2v) is 9.82. The third-order valence-electron chi connectivity index (χ3n) is 6.79. The van der Waals surface area contributed by atoms with Crippen molar-refractivity contribution in [3.8, 4) is 0 Å². The number of carbonyl (C=O) groups excluding carboxylic acids is 2. The minimum Gasteiger partial charge on any atom is -0.353 e. The smallest absolute Gasteiger partial charge is 0.233 e.